The summed E-state index contributed by atoms with van der Waals surface area (Å²) in [4.78, 5) is 11.2. The lowest BCUT2D eigenvalue weighted by molar-refractivity contribution is -0.139. The van der Waals surface area contributed by atoms with Crippen molar-refractivity contribution in [3.63, 3.8) is 0 Å². The SMILES string of the molecule is CCCCCCCC1=CC(=O)OC1(Br)CBr. The number of cyclic esters (lactones) is 1. The van der Waals surface area contributed by atoms with Crippen LogP contribution in [0.15, 0.2) is 11.6 Å². The molecular weight excluding hydrogens is 336 g/mol. The molecule has 0 saturated heterocycles. The highest BCUT2D eigenvalue weighted by molar-refractivity contribution is 9.12. The molecule has 1 heterocycles. The minimum atomic E-state index is -0.588. The fourth-order valence-electron chi connectivity index (χ4n) is 1.80. The van der Waals surface area contributed by atoms with Crippen LogP contribution in [0, 0.1) is 0 Å². The standard InChI is InChI=1S/C12H18Br2O2/c1-2-3-4-5-6-7-10-8-11(15)16-12(10,14)9-13/h8H,2-7,9H2,1H3. The molecule has 0 amide bonds. The van der Waals surface area contributed by atoms with Gasteiger partial charge in [0.1, 0.15) is 0 Å². The lowest BCUT2D eigenvalue weighted by atomic mass is 10.0. The minimum absolute atomic E-state index is 0.236. The molecule has 0 aromatic carbocycles. The Morgan fingerprint density at radius 3 is 2.62 bits per heavy atom. The molecule has 92 valence electrons. The molecule has 0 N–H and O–H groups in total. The quantitative estimate of drug-likeness (QED) is 0.387. The summed E-state index contributed by atoms with van der Waals surface area (Å²) in [6.45, 7) is 2.21. The number of rotatable bonds is 7. The number of halogens is 2. The molecule has 0 radical (unpaired) electrons. The lowest BCUT2D eigenvalue weighted by Gasteiger charge is -2.22. The molecule has 0 spiro atoms. The number of carbonyl (C=O) groups excluding carboxylic acids is 1. The van der Waals surface area contributed by atoms with Crippen LogP contribution < -0.4 is 0 Å². The average molecular weight is 354 g/mol. The van der Waals surface area contributed by atoms with Crippen molar-refractivity contribution in [3.05, 3.63) is 11.6 Å². The van der Waals surface area contributed by atoms with E-state index in [4.69, 9.17) is 4.74 Å². The maximum atomic E-state index is 11.2. The second kappa shape index (κ2) is 6.80. The Hall–Kier alpha value is 0.170. The van der Waals surface area contributed by atoms with Gasteiger partial charge in [0.2, 0.25) is 0 Å². The highest BCUT2D eigenvalue weighted by Gasteiger charge is 2.39. The zero-order valence-electron chi connectivity index (χ0n) is 9.60. The first-order valence-electron chi connectivity index (χ1n) is 5.81. The van der Waals surface area contributed by atoms with Gasteiger partial charge in [-0.05, 0) is 34.3 Å². The smallest absolute Gasteiger partial charge is 0.332 e. The van der Waals surface area contributed by atoms with Crippen molar-refractivity contribution in [3.8, 4) is 0 Å². The molecule has 0 saturated carbocycles. The summed E-state index contributed by atoms with van der Waals surface area (Å²) < 4.78 is 4.64. The fourth-order valence-corrected chi connectivity index (χ4v) is 2.74. The Balaban J connectivity index is 2.35. The van der Waals surface area contributed by atoms with E-state index in [1.54, 1.807) is 6.08 Å². The van der Waals surface area contributed by atoms with E-state index in [0.29, 0.717) is 5.33 Å². The highest BCUT2D eigenvalue weighted by atomic mass is 79.9. The summed E-state index contributed by atoms with van der Waals surface area (Å²) in [6, 6.07) is 0. The number of esters is 1. The van der Waals surface area contributed by atoms with E-state index < -0.39 is 4.51 Å². The van der Waals surface area contributed by atoms with Crippen molar-refractivity contribution < 1.29 is 9.53 Å². The van der Waals surface area contributed by atoms with Gasteiger partial charge in [-0.3, -0.25) is 0 Å². The number of carbonyl (C=O) groups is 1. The Bertz CT molecular complexity index is 276. The maximum Gasteiger partial charge on any atom is 0.332 e. The van der Waals surface area contributed by atoms with Crippen LogP contribution in [-0.4, -0.2) is 15.8 Å². The second-order valence-corrected chi connectivity index (χ2v) is 5.96. The van der Waals surface area contributed by atoms with Gasteiger partial charge in [-0.25, -0.2) is 4.79 Å². The van der Waals surface area contributed by atoms with Crippen molar-refractivity contribution in [2.24, 2.45) is 0 Å². The molecule has 1 aliphatic rings. The van der Waals surface area contributed by atoms with Crippen LogP contribution in [0.1, 0.15) is 45.4 Å². The Kier molecular flexibility index (Phi) is 6.05. The molecule has 1 aliphatic heterocycles. The second-order valence-electron chi connectivity index (χ2n) is 4.12. The number of alkyl halides is 2. The summed E-state index contributed by atoms with van der Waals surface area (Å²) in [6.07, 6.45) is 8.75. The molecule has 0 bridgehead atoms. The normalized spacial score (nSPS) is 24.4. The average Bonchev–Trinajstić information content (AvgIpc) is 2.54. The van der Waals surface area contributed by atoms with E-state index >= 15 is 0 Å². The van der Waals surface area contributed by atoms with Gasteiger partial charge in [0.25, 0.3) is 0 Å². The van der Waals surface area contributed by atoms with Gasteiger partial charge in [-0.2, -0.15) is 0 Å². The zero-order valence-corrected chi connectivity index (χ0v) is 12.8. The van der Waals surface area contributed by atoms with Crippen molar-refractivity contribution in [1.29, 1.82) is 0 Å². The lowest BCUT2D eigenvalue weighted by Crippen LogP contribution is -2.26. The van der Waals surface area contributed by atoms with Gasteiger partial charge in [0, 0.05) is 6.08 Å². The summed E-state index contributed by atoms with van der Waals surface area (Å²) >= 11 is 6.85. The number of hydrogen-bond acceptors (Lipinski definition) is 2. The van der Waals surface area contributed by atoms with Crippen molar-refractivity contribution >= 4 is 37.8 Å². The predicted octanol–water partition coefficient (Wildman–Crippen LogP) is 4.32. The first-order valence-corrected chi connectivity index (χ1v) is 7.72. The summed E-state index contributed by atoms with van der Waals surface area (Å²) in [7, 11) is 0. The molecule has 2 nitrogen and oxygen atoms in total. The van der Waals surface area contributed by atoms with Crippen LogP contribution in [-0.2, 0) is 9.53 Å². The zero-order chi connectivity index (χ0) is 12.0. The molecular formula is C12H18Br2O2. The van der Waals surface area contributed by atoms with Gasteiger partial charge in [0.15, 0.2) is 4.51 Å². The van der Waals surface area contributed by atoms with Crippen molar-refractivity contribution in [1.82, 2.24) is 0 Å². The van der Waals surface area contributed by atoms with Crippen molar-refractivity contribution in [2.75, 3.05) is 5.33 Å². The third-order valence-corrected chi connectivity index (χ3v) is 5.25. The van der Waals surface area contributed by atoms with Crippen LogP contribution in [0.25, 0.3) is 0 Å². The van der Waals surface area contributed by atoms with E-state index in [0.717, 1.165) is 18.4 Å². The first kappa shape index (κ1) is 14.2. The predicted molar refractivity (Wildman–Crippen MR) is 73.0 cm³/mol. The summed E-state index contributed by atoms with van der Waals surface area (Å²) in [5.41, 5.74) is 1.06. The van der Waals surface area contributed by atoms with Gasteiger partial charge in [0.05, 0.1) is 5.33 Å². The van der Waals surface area contributed by atoms with Crippen LogP contribution in [0.4, 0.5) is 0 Å². The van der Waals surface area contributed by atoms with Crippen molar-refractivity contribution in [2.45, 2.75) is 50.0 Å². The van der Waals surface area contributed by atoms with E-state index in [-0.39, 0.29) is 5.97 Å². The van der Waals surface area contributed by atoms with Gasteiger partial charge < -0.3 is 4.74 Å². The topological polar surface area (TPSA) is 26.3 Å². The molecule has 1 unspecified atom stereocenters. The maximum absolute atomic E-state index is 11.2. The van der Waals surface area contributed by atoms with Gasteiger partial charge in [-0.1, -0.05) is 48.5 Å². The largest absolute Gasteiger partial charge is 0.439 e. The number of hydrogen-bond donors (Lipinski definition) is 0. The monoisotopic (exact) mass is 352 g/mol. The van der Waals surface area contributed by atoms with Gasteiger partial charge >= 0.3 is 5.97 Å². The van der Waals surface area contributed by atoms with Crippen LogP contribution in [0.2, 0.25) is 0 Å². The molecule has 0 aromatic heterocycles. The van der Waals surface area contributed by atoms with E-state index in [9.17, 15) is 4.79 Å². The number of unbranched alkanes of at least 4 members (excludes halogenated alkanes) is 4. The molecule has 0 fully saturated rings. The number of ether oxygens (including phenoxy) is 1. The summed E-state index contributed by atoms with van der Waals surface area (Å²) in [5, 5.41) is 0.604. The van der Waals surface area contributed by atoms with Crippen LogP contribution in [0.3, 0.4) is 0 Å². The molecule has 0 aromatic rings. The molecule has 0 aliphatic carbocycles. The molecule has 4 heteroatoms. The molecule has 1 atom stereocenters. The minimum Gasteiger partial charge on any atom is -0.439 e. The van der Waals surface area contributed by atoms with E-state index in [1.165, 1.54) is 25.7 Å². The van der Waals surface area contributed by atoms with E-state index in [1.807, 2.05) is 0 Å². The first-order chi connectivity index (χ1) is 7.62. The van der Waals surface area contributed by atoms with Crippen LogP contribution >= 0.6 is 31.9 Å². The highest BCUT2D eigenvalue weighted by Crippen LogP contribution is 2.38. The summed E-state index contributed by atoms with van der Waals surface area (Å²) in [5.74, 6) is -0.236. The molecule has 1 rings (SSSR count). The van der Waals surface area contributed by atoms with E-state index in [2.05, 4.69) is 38.8 Å². The Morgan fingerprint density at radius 2 is 2.00 bits per heavy atom. The van der Waals surface area contributed by atoms with Gasteiger partial charge in [-0.15, -0.1) is 0 Å². The third kappa shape index (κ3) is 3.88. The third-order valence-electron chi connectivity index (χ3n) is 2.76. The Labute approximate surface area is 114 Å². The fraction of sp³-hybridized carbons (Fsp3) is 0.750. The Morgan fingerprint density at radius 1 is 1.31 bits per heavy atom. The molecule has 16 heavy (non-hydrogen) atoms. The van der Waals surface area contributed by atoms with Crippen LogP contribution in [0.5, 0.6) is 0 Å².